The Morgan fingerprint density at radius 1 is 1.15 bits per heavy atom. The van der Waals surface area contributed by atoms with Gasteiger partial charge in [-0.05, 0) is 0 Å². The first-order chi connectivity index (χ1) is 9.54. The first kappa shape index (κ1) is 12.6. The van der Waals surface area contributed by atoms with Crippen LogP contribution in [0.2, 0.25) is 5.02 Å². The summed E-state index contributed by atoms with van der Waals surface area (Å²) < 4.78 is 7.10. The molecule has 3 heterocycles. The Balaban J connectivity index is 2.20. The van der Waals surface area contributed by atoms with Crippen molar-refractivity contribution in [3.05, 3.63) is 52.8 Å². The van der Waals surface area contributed by atoms with Crippen LogP contribution >= 0.6 is 11.6 Å². The van der Waals surface area contributed by atoms with Gasteiger partial charge in [-0.3, -0.25) is 9.78 Å². The van der Waals surface area contributed by atoms with Crippen LogP contribution in [0.5, 0.6) is 0 Å². The van der Waals surface area contributed by atoms with Crippen LogP contribution < -0.4 is 14.7 Å². The van der Waals surface area contributed by atoms with Crippen LogP contribution in [-0.4, -0.2) is 19.1 Å². The molecule has 20 heavy (non-hydrogen) atoms. The molecule has 0 saturated carbocycles. The lowest BCUT2D eigenvalue weighted by atomic mass is 10.5. The maximum atomic E-state index is 12.0. The molecule has 3 rings (SSSR count). The van der Waals surface area contributed by atoms with Crippen molar-refractivity contribution in [2.45, 2.75) is 0 Å². The number of hydrogen-bond donors (Lipinski definition) is 1. The van der Waals surface area contributed by atoms with Gasteiger partial charge < -0.3 is 0 Å². The summed E-state index contributed by atoms with van der Waals surface area (Å²) in [7, 11) is 3.77. The Morgan fingerprint density at radius 2 is 1.75 bits per heavy atom. The molecule has 1 N–H and O–H groups in total. The second kappa shape index (κ2) is 4.61. The largest absolute Gasteiger partial charge is 0.309 e. The molecule has 0 atom stereocenters. The Hall–Kier alpha value is -2.41. The Morgan fingerprint density at radius 3 is 2.30 bits per heavy atom. The van der Waals surface area contributed by atoms with E-state index in [0.29, 0.717) is 11.8 Å². The fourth-order valence-corrected chi connectivity index (χ4v) is 2.07. The SMILES string of the molecule is C[n+]1ccn(-c2nc(-n3cc[n+](C)c3)c(Cl)c(=O)[nH]2)c1. The number of aromatic amines is 1. The predicted octanol–water partition coefficient (Wildman–Crippen LogP) is -0.346. The van der Waals surface area contributed by atoms with Gasteiger partial charge >= 0.3 is 5.95 Å². The van der Waals surface area contributed by atoms with E-state index in [-0.39, 0.29) is 10.6 Å². The standard InChI is InChI=1S/C12H12ClN6O/c1-16-3-5-18(7-16)10-9(13)11(20)15-12(14-10)19-6-4-17(2)8-19/h3-8H,1-2H3/q+1/p+1. The van der Waals surface area contributed by atoms with Crippen LogP contribution in [0.1, 0.15) is 0 Å². The van der Waals surface area contributed by atoms with Gasteiger partial charge in [0.1, 0.15) is 24.8 Å². The van der Waals surface area contributed by atoms with Gasteiger partial charge in [0.05, 0.1) is 14.1 Å². The van der Waals surface area contributed by atoms with E-state index in [1.807, 2.05) is 35.6 Å². The van der Waals surface area contributed by atoms with E-state index >= 15 is 0 Å². The normalized spacial score (nSPS) is 10.9. The molecule has 0 unspecified atom stereocenters. The molecule has 0 aliphatic carbocycles. The number of rotatable bonds is 2. The number of nitrogens with zero attached hydrogens (tertiary/aromatic N) is 5. The van der Waals surface area contributed by atoms with E-state index in [4.69, 9.17) is 11.6 Å². The van der Waals surface area contributed by atoms with Crippen molar-refractivity contribution in [3.63, 3.8) is 0 Å². The van der Waals surface area contributed by atoms with Gasteiger partial charge in [-0.1, -0.05) is 11.6 Å². The molecule has 0 radical (unpaired) electrons. The Bertz CT molecular complexity index is 831. The molecule has 0 aromatic carbocycles. The maximum Gasteiger partial charge on any atom is 0.309 e. The fourth-order valence-electron chi connectivity index (χ4n) is 1.88. The molecule has 3 aromatic heterocycles. The van der Waals surface area contributed by atoms with E-state index < -0.39 is 0 Å². The summed E-state index contributed by atoms with van der Waals surface area (Å²) in [6.07, 6.45) is 10.9. The zero-order chi connectivity index (χ0) is 14.3. The molecule has 8 heteroatoms. The molecule has 0 aliphatic rings. The molecule has 0 amide bonds. The number of H-pyrrole nitrogens is 1. The van der Waals surface area contributed by atoms with Gasteiger partial charge in [0.15, 0.2) is 5.02 Å². The minimum absolute atomic E-state index is 0.0569. The maximum absolute atomic E-state index is 12.0. The van der Waals surface area contributed by atoms with Crippen molar-refractivity contribution in [2.24, 2.45) is 14.1 Å². The number of halogens is 1. The summed E-state index contributed by atoms with van der Waals surface area (Å²) in [6.45, 7) is 0. The fraction of sp³-hybridized carbons (Fsp3) is 0.167. The molecule has 3 aromatic rings. The van der Waals surface area contributed by atoms with E-state index in [1.165, 1.54) is 0 Å². The monoisotopic (exact) mass is 292 g/mol. The van der Waals surface area contributed by atoms with Gasteiger partial charge in [-0.25, -0.2) is 9.13 Å². The summed E-state index contributed by atoms with van der Waals surface area (Å²) in [5.74, 6) is 0.800. The number of aryl methyl sites for hydroxylation is 2. The molecule has 0 bridgehead atoms. The molecular formula is C12H13ClN6O+2. The van der Waals surface area contributed by atoms with E-state index in [1.54, 1.807) is 34.2 Å². The third-order valence-corrected chi connectivity index (χ3v) is 3.20. The summed E-state index contributed by atoms with van der Waals surface area (Å²) in [5.41, 5.74) is -0.376. The second-order valence-electron chi connectivity index (χ2n) is 4.50. The average Bonchev–Trinajstić information content (AvgIpc) is 3.01. The van der Waals surface area contributed by atoms with E-state index in [2.05, 4.69) is 9.97 Å². The van der Waals surface area contributed by atoms with Crippen LogP contribution in [0.25, 0.3) is 11.8 Å². The van der Waals surface area contributed by atoms with Crippen molar-refractivity contribution in [1.29, 1.82) is 0 Å². The summed E-state index contributed by atoms with van der Waals surface area (Å²) >= 11 is 6.05. The molecule has 0 fully saturated rings. The number of aromatic nitrogens is 6. The molecule has 0 spiro atoms. The molecule has 102 valence electrons. The molecule has 0 aliphatic heterocycles. The van der Waals surface area contributed by atoms with Gasteiger partial charge in [0, 0.05) is 0 Å². The van der Waals surface area contributed by atoms with Crippen molar-refractivity contribution < 1.29 is 9.13 Å². The summed E-state index contributed by atoms with van der Waals surface area (Å²) in [6, 6.07) is 0. The first-order valence-electron chi connectivity index (χ1n) is 5.91. The zero-order valence-corrected chi connectivity index (χ0v) is 11.7. The van der Waals surface area contributed by atoms with Crippen molar-refractivity contribution in [3.8, 4) is 11.8 Å². The lowest BCUT2D eigenvalue weighted by Gasteiger charge is -1.99. The van der Waals surface area contributed by atoms with Crippen LogP contribution in [0.4, 0.5) is 0 Å². The summed E-state index contributed by atoms with van der Waals surface area (Å²) in [4.78, 5) is 19.0. The Kier molecular flexibility index (Phi) is 2.90. The van der Waals surface area contributed by atoms with Gasteiger partial charge in [-0.2, -0.15) is 9.13 Å². The smallest absolute Gasteiger partial charge is 0.270 e. The number of nitrogens with one attached hydrogen (secondary N) is 1. The van der Waals surface area contributed by atoms with Crippen LogP contribution in [0.3, 0.4) is 0 Å². The van der Waals surface area contributed by atoms with Gasteiger partial charge in [0.2, 0.25) is 6.33 Å². The van der Waals surface area contributed by atoms with Crippen LogP contribution in [0.15, 0.2) is 42.2 Å². The van der Waals surface area contributed by atoms with Crippen molar-refractivity contribution >= 4 is 11.6 Å². The lowest BCUT2D eigenvalue weighted by Crippen LogP contribution is -2.25. The van der Waals surface area contributed by atoms with E-state index in [9.17, 15) is 4.79 Å². The zero-order valence-electron chi connectivity index (χ0n) is 11.0. The van der Waals surface area contributed by atoms with E-state index in [0.717, 1.165) is 0 Å². The minimum Gasteiger partial charge on any atom is -0.270 e. The highest BCUT2D eigenvalue weighted by Crippen LogP contribution is 2.13. The van der Waals surface area contributed by atoms with Crippen LogP contribution in [-0.2, 0) is 14.1 Å². The van der Waals surface area contributed by atoms with Gasteiger partial charge in [0.25, 0.3) is 17.7 Å². The third kappa shape index (κ3) is 2.12. The second-order valence-corrected chi connectivity index (χ2v) is 4.88. The molecule has 7 nitrogen and oxygen atoms in total. The molecular weight excluding hydrogens is 280 g/mol. The minimum atomic E-state index is -0.376. The number of hydrogen-bond acceptors (Lipinski definition) is 2. The highest BCUT2D eigenvalue weighted by Gasteiger charge is 2.19. The summed E-state index contributed by atoms with van der Waals surface area (Å²) in [5, 5.41) is 0.0569. The quantitative estimate of drug-likeness (QED) is 0.657. The average molecular weight is 293 g/mol. The lowest BCUT2D eigenvalue weighted by molar-refractivity contribution is -0.670. The third-order valence-electron chi connectivity index (χ3n) is 2.86. The topological polar surface area (TPSA) is 63.4 Å². The van der Waals surface area contributed by atoms with Gasteiger partial charge in [-0.15, -0.1) is 4.98 Å². The van der Waals surface area contributed by atoms with Crippen LogP contribution in [0, 0.1) is 0 Å². The predicted molar refractivity (Wildman–Crippen MR) is 70.9 cm³/mol. The van der Waals surface area contributed by atoms with Crippen molar-refractivity contribution in [1.82, 2.24) is 19.1 Å². The highest BCUT2D eigenvalue weighted by atomic mass is 35.5. The van der Waals surface area contributed by atoms with Crippen molar-refractivity contribution in [2.75, 3.05) is 0 Å². The Labute approximate surface area is 119 Å². The highest BCUT2D eigenvalue weighted by molar-refractivity contribution is 6.31. The first-order valence-corrected chi connectivity index (χ1v) is 6.29. The molecule has 0 saturated heterocycles. The number of imidazole rings is 2.